The molecule has 3 aliphatic heterocycles. The summed E-state index contributed by atoms with van der Waals surface area (Å²) in [6.45, 7) is 6.18. The molecule has 216 valence electrons. The van der Waals surface area contributed by atoms with Gasteiger partial charge in [-0.05, 0) is 56.9 Å². The Labute approximate surface area is 272 Å². The number of fused-ring (bicyclic) bond motifs is 12. The zero-order valence-electron chi connectivity index (χ0n) is 24.5. The summed E-state index contributed by atoms with van der Waals surface area (Å²) in [5, 5.41) is 4.80. The van der Waals surface area contributed by atoms with Gasteiger partial charge in [0.15, 0.2) is 0 Å². The molecule has 0 unspecified atom stereocenters. The molecule has 0 saturated carbocycles. The van der Waals surface area contributed by atoms with Crippen LogP contribution >= 0.6 is 0 Å². The van der Waals surface area contributed by atoms with E-state index in [4.69, 9.17) is 5.10 Å². The van der Waals surface area contributed by atoms with Gasteiger partial charge < -0.3 is 14.6 Å². The average Bonchev–Trinajstić information content (AvgIpc) is 3.57. The normalized spacial score (nSPS) is 13.8. The summed E-state index contributed by atoms with van der Waals surface area (Å²) in [6.07, 6.45) is 0. The Morgan fingerprint density at radius 2 is 1.18 bits per heavy atom. The van der Waals surface area contributed by atoms with E-state index >= 15 is 0 Å². The topological polar surface area (TPSA) is 27.5 Å². The van der Waals surface area contributed by atoms with Crippen molar-refractivity contribution in [2.24, 2.45) is 0 Å². The van der Waals surface area contributed by atoms with Crippen LogP contribution in [0.2, 0.25) is 0 Å². The third-order valence-electron chi connectivity index (χ3n) is 8.94. The molecule has 6 aromatic rings. The van der Waals surface area contributed by atoms with Crippen molar-refractivity contribution in [1.82, 2.24) is 9.78 Å². The van der Waals surface area contributed by atoms with Gasteiger partial charge in [-0.1, -0.05) is 59.7 Å². The van der Waals surface area contributed by atoms with Crippen molar-refractivity contribution < 1.29 is 21.1 Å². The minimum atomic E-state index is -0.109. The van der Waals surface area contributed by atoms with E-state index in [1.165, 1.54) is 39.3 Å². The molecule has 0 N–H and O–H groups in total. The predicted octanol–water partition coefficient (Wildman–Crippen LogP) is 6.70. The quantitative estimate of drug-likeness (QED) is 0.146. The van der Waals surface area contributed by atoms with Gasteiger partial charge in [-0.25, -0.2) is 0 Å². The molecule has 4 heterocycles. The monoisotopic (exact) mass is 747 g/mol. The largest absolute Gasteiger partial charge is 0.504 e. The molecule has 7 heteroatoms. The first-order valence-corrected chi connectivity index (χ1v) is 14.7. The maximum absolute atomic E-state index is 4.80. The van der Waals surface area contributed by atoms with E-state index in [1.54, 1.807) is 0 Å². The molecule has 0 aliphatic carbocycles. The molecule has 0 fully saturated rings. The van der Waals surface area contributed by atoms with Gasteiger partial charge in [-0.15, -0.1) is 28.9 Å². The summed E-state index contributed by atoms with van der Waals surface area (Å²) < 4.78 is 2.00. The van der Waals surface area contributed by atoms with Gasteiger partial charge in [-0.2, -0.15) is 47.0 Å². The van der Waals surface area contributed by atoms with Crippen molar-refractivity contribution in [1.29, 1.82) is 0 Å². The molecule has 0 spiro atoms. The van der Waals surface area contributed by atoms with Crippen LogP contribution in [0.4, 0.5) is 28.4 Å². The molecule has 0 radical (unpaired) electrons. The Morgan fingerprint density at radius 1 is 0.636 bits per heavy atom. The number of aromatic nitrogens is 2. The van der Waals surface area contributed by atoms with E-state index in [-0.39, 0.29) is 27.9 Å². The van der Waals surface area contributed by atoms with Gasteiger partial charge in [0.2, 0.25) is 0 Å². The molecule has 0 bridgehead atoms. The molecule has 5 nitrogen and oxygen atoms in total. The van der Waals surface area contributed by atoms with Crippen LogP contribution in [0.25, 0.3) is 27.9 Å². The maximum atomic E-state index is 4.80. The van der Waals surface area contributed by atoms with Crippen LogP contribution in [-0.2, 0) is 21.1 Å². The number of hydrogen-bond donors (Lipinski definition) is 0. The summed E-state index contributed by atoms with van der Waals surface area (Å²) in [4.78, 5) is 6.91. The zero-order valence-corrected chi connectivity index (χ0v) is 26.8. The Bertz CT molecular complexity index is 2100. The van der Waals surface area contributed by atoms with Crippen LogP contribution in [0, 0.1) is 32.6 Å². The molecule has 1 aromatic heterocycles. The van der Waals surface area contributed by atoms with Crippen LogP contribution in [0.3, 0.4) is 0 Å². The number of nitrogens with zero attached hydrogens (tertiary/aromatic N) is 5. The molecule has 3 aliphatic rings. The second-order valence-electron chi connectivity index (χ2n) is 11.6. The SMILES string of the molecule is Cc1cc(C)n(-c2[c-]c3c(cc2)-c2ccccc2N2B3c3[c-]c(N4[CH-]N(C)c5ccccc54)ccc3-c3ccccc32)n1.[Pt]. The van der Waals surface area contributed by atoms with Gasteiger partial charge in [0, 0.05) is 49.5 Å². The summed E-state index contributed by atoms with van der Waals surface area (Å²) in [5.41, 5.74) is 15.9. The average molecular weight is 748 g/mol. The van der Waals surface area contributed by atoms with E-state index in [9.17, 15) is 0 Å². The number of hydrogen-bond acceptors (Lipinski definition) is 4. The van der Waals surface area contributed by atoms with Crippen LogP contribution < -0.4 is 25.5 Å². The van der Waals surface area contributed by atoms with Gasteiger partial charge in [0.25, 0.3) is 6.85 Å². The molecule has 44 heavy (non-hydrogen) atoms. The number of para-hydroxylation sites is 4. The standard InChI is InChI=1S/C37H27BN5.Pt/c1-24-20-25(2)43(39-24)27-17-19-29-31-11-5-7-13-35(31)42-34-12-6-4-10-30(34)28-18-16-26(21-32(28)38(42)33(29)22-27)41-23-40(3)36-14-8-9-15-37(36)41;/h4-20,23H,1-3H3;/q-3;. The van der Waals surface area contributed by atoms with Gasteiger partial charge in [0.05, 0.1) is 5.69 Å². The first-order valence-electron chi connectivity index (χ1n) is 14.7. The summed E-state index contributed by atoms with van der Waals surface area (Å²) in [6, 6.07) is 44.8. The predicted molar refractivity (Wildman–Crippen MR) is 176 cm³/mol. The van der Waals surface area contributed by atoms with Crippen molar-refractivity contribution in [2.45, 2.75) is 13.8 Å². The van der Waals surface area contributed by atoms with Crippen LogP contribution in [0.1, 0.15) is 11.4 Å². The van der Waals surface area contributed by atoms with Crippen LogP contribution in [0.5, 0.6) is 0 Å². The fraction of sp³-hybridized carbons (Fsp3) is 0.0811. The summed E-state index contributed by atoms with van der Waals surface area (Å²) >= 11 is 0. The molecule has 0 saturated heterocycles. The molecule has 0 amide bonds. The number of anilines is 5. The van der Waals surface area contributed by atoms with Crippen molar-refractivity contribution in [3.8, 4) is 27.9 Å². The van der Waals surface area contributed by atoms with E-state index in [1.807, 2.05) is 11.6 Å². The number of aryl methyl sites for hydroxylation is 2. The van der Waals surface area contributed by atoms with Crippen LogP contribution in [-0.4, -0.2) is 23.7 Å². The van der Waals surface area contributed by atoms with E-state index < -0.39 is 0 Å². The van der Waals surface area contributed by atoms with Gasteiger partial charge in [-0.3, -0.25) is 4.68 Å². The fourth-order valence-electron chi connectivity index (χ4n) is 7.13. The molecule has 5 aromatic carbocycles. The number of benzene rings is 5. The Morgan fingerprint density at radius 3 is 1.80 bits per heavy atom. The number of rotatable bonds is 2. The van der Waals surface area contributed by atoms with Crippen LogP contribution in [0.15, 0.2) is 103 Å². The summed E-state index contributed by atoms with van der Waals surface area (Å²) in [5.74, 6) is 0. The smallest absolute Gasteiger partial charge is 0.278 e. The minimum absolute atomic E-state index is 0. The Hall–Kier alpha value is -4.54. The minimum Gasteiger partial charge on any atom is -0.504 e. The fourth-order valence-corrected chi connectivity index (χ4v) is 7.13. The second-order valence-corrected chi connectivity index (χ2v) is 11.6. The summed E-state index contributed by atoms with van der Waals surface area (Å²) in [7, 11) is 2.10. The second kappa shape index (κ2) is 10.0. The molecular formula is C37H27BN5Pt-3. The van der Waals surface area contributed by atoms with E-state index in [2.05, 4.69) is 151 Å². The van der Waals surface area contributed by atoms with E-state index in [0.717, 1.165) is 39.4 Å². The van der Waals surface area contributed by atoms with Gasteiger partial charge >= 0.3 is 0 Å². The first kappa shape index (κ1) is 27.0. The molecule has 0 atom stereocenters. The van der Waals surface area contributed by atoms with Crippen molar-refractivity contribution >= 4 is 46.2 Å². The van der Waals surface area contributed by atoms with Crippen molar-refractivity contribution in [3.63, 3.8) is 0 Å². The molecule has 9 rings (SSSR count). The maximum Gasteiger partial charge on any atom is 0.278 e. The zero-order chi connectivity index (χ0) is 28.8. The van der Waals surface area contributed by atoms with Crippen molar-refractivity contribution in [2.75, 3.05) is 21.7 Å². The van der Waals surface area contributed by atoms with Gasteiger partial charge in [0.1, 0.15) is 0 Å². The third kappa shape index (κ3) is 3.80. The Balaban J connectivity index is 0.00000289. The Kier molecular flexibility index (Phi) is 6.15. The van der Waals surface area contributed by atoms with E-state index in [0.29, 0.717) is 0 Å². The molecular weight excluding hydrogens is 720 g/mol. The third-order valence-corrected chi connectivity index (χ3v) is 8.94. The first-order chi connectivity index (χ1) is 21.1. The van der Waals surface area contributed by atoms with Crippen molar-refractivity contribution in [3.05, 3.63) is 133 Å².